The van der Waals surface area contributed by atoms with Gasteiger partial charge in [-0.3, -0.25) is 9.48 Å². The Morgan fingerprint density at radius 1 is 1.20 bits per heavy atom. The van der Waals surface area contributed by atoms with E-state index in [0.29, 0.717) is 17.6 Å². The van der Waals surface area contributed by atoms with E-state index in [4.69, 9.17) is 9.84 Å². The van der Waals surface area contributed by atoms with E-state index in [1.807, 2.05) is 0 Å². The summed E-state index contributed by atoms with van der Waals surface area (Å²) in [5.74, 6) is 0.176. The van der Waals surface area contributed by atoms with Crippen LogP contribution in [-0.4, -0.2) is 33.0 Å². The zero-order chi connectivity index (χ0) is 17.2. The smallest absolute Gasteiger partial charge is 0.272 e. The van der Waals surface area contributed by atoms with Crippen molar-refractivity contribution in [2.24, 2.45) is 0 Å². The molecule has 2 aromatic heterocycles. The van der Waals surface area contributed by atoms with Gasteiger partial charge in [-0.25, -0.2) is 0 Å². The Hall–Kier alpha value is -2.44. The summed E-state index contributed by atoms with van der Waals surface area (Å²) in [6.45, 7) is 0. The second-order valence-corrected chi connectivity index (χ2v) is 6.84. The summed E-state index contributed by atoms with van der Waals surface area (Å²) in [5, 5.41) is 15.7. The molecule has 0 spiro atoms. The van der Waals surface area contributed by atoms with Gasteiger partial charge in [-0.15, -0.1) is 10.2 Å². The Balaban J connectivity index is 1.50. The van der Waals surface area contributed by atoms with Gasteiger partial charge in [0.2, 0.25) is 5.88 Å². The minimum atomic E-state index is -0.219. The number of methoxy groups -OCH3 is 1. The minimum Gasteiger partial charge on any atom is -0.480 e. The lowest BCUT2D eigenvalue weighted by Crippen LogP contribution is -2.31. The Morgan fingerprint density at radius 3 is 2.76 bits per heavy atom. The van der Waals surface area contributed by atoms with Gasteiger partial charge in [0.05, 0.1) is 24.9 Å². The Labute approximate surface area is 146 Å². The van der Waals surface area contributed by atoms with Crippen LogP contribution in [0.5, 0.6) is 5.88 Å². The molecule has 132 valence electrons. The third kappa shape index (κ3) is 3.23. The number of fused-ring (bicyclic) bond motifs is 1. The molecule has 1 atom stereocenters. The van der Waals surface area contributed by atoms with Crippen LogP contribution in [-0.2, 0) is 6.42 Å². The van der Waals surface area contributed by atoms with Crippen LogP contribution in [0.3, 0.4) is 0 Å². The number of ether oxygens (including phenoxy) is 1. The van der Waals surface area contributed by atoms with Crippen molar-refractivity contribution < 1.29 is 9.53 Å². The normalized spacial score (nSPS) is 20.3. The fourth-order valence-electron chi connectivity index (χ4n) is 3.84. The second kappa shape index (κ2) is 6.82. The van der Waals surface area contributed by atoms with Gasteiger partial charge < -0.3 is 10.1 Å². The average molecular weight is 341 g/mol. The highest BCUT2D eigenvalue weighted by molar-refractivity contribution is 5.92. The molecule has 1 saturated carbocycles. The van der Waals surface area contributed by atoms with E-state index in [-0.39, 0.29) is 11.9 Å². The molecule has 0 bridgehead atoms. The molecule has 0 radical (unpaired) electrons. The van der Waals surface area contributed by atoms with Crippen LogP contribution in [0.4, 0.5) is 0 Å². The topological polar surface area (TPSA) is 81.9 Å². The number of carbonyl (C=O) groups excluding carboxylic acids is 1. The van der Waals surface area contributed by atoms with E-state index in [1.165, 1.54) is 38.4 Å². The van der Waals surface area contributed by atoms with Crippen molar-refractivity contribution in [3.63, 3.8) is 0 Å². The Bertz CT molecular complexity index is 749. The molecule has 1 amide bonds. The number of amides is 1. The Morgan fingerprint density at radius 2 is 2.04 bits per heavy atom. The van der Waals surface area contributed by atoms with Crippen molar-refractivity contribution in [3.05, 3.63) is 35.3 Å². The lowest BCUT2D eigenvalue weighted by atomic mass is 9.93. The molecular weight excluding hydrogens is 318 g/mol. The van der Waals surface area contributed by atoms with Crippen LogP contribution < -0.4 is 10.1 Å². The third-order valence-corrected chi connectivity index (χ3v) is 5.20. The fourth-order valence-corrected chi connectivity index (χ4v) is 3.84. The summed E-state index contributed by atoms with van der Waals surface area (Å²) in [5.41, 5.74) is 2.58. The number of nitrogens with zero attached hydrogens (tertiary/aromatic N) is 4. The monoisotopic (exact) mass is 341 g/mol. The third-order valence-electron chi connectivity index (χ3n) is 5.20. The molecule has 2 aromatic rings. The lowest BCUT2D eigenvalue weighted by molar-refractivity contribution is 0.0925. The maximum Gasteiger partial charge on any atom is 0.272 e. The molecule has 7 heteroatoms. The molecular formula is C18H23N5O2. The van der Waals surface area contributed by atoms with Gasteiger partial charge in [0, 0.05) is 12.3 Å². The van der Waals surface area contributed by atoms with Crippen molar-refractivity contribution in [2.45, 2.75) is 57.0 Å². The minimum absolute atomic E-state index is 0.0530. The molecule has 2 heterocycles. The lowest BCUT2D eigenvalue weighted by Gasteiger charge is -2.22. The molecule has 2 aliphatic carbocycles. The molecule has 25 heavy (non-hydrogen) atoms. The number of nitrogens with one attached hydrogen (secondary N) is 1. The molecule has 0 saturated heterocycles. The molecule has 1 fully saturated rings. The van der Waals surface area contributed by atoms with Gasteiger partial charge in [-0.05, 0) is 43.7 Å². The summed E-state index contributed by atoms with van der Waals surface area (Å²) in [6.07, 6.45) is 10.2. The van der Waals surface area contributed by atoms with Gasteiger partial charge in [0.25, 0.3) is 5.91 Å². The number of hydrogen-bond acceptors (Lipinski definition) is 5. The highest BCUT2D eigenvalue weighted by Crippen LogP contribution is 2.33. The maximum absolute atomic E-state index is 12.5. The van der Waals surface area contributed by atoms with Crippen LogP contribution in [0.2, 0.25) is 0 Å². The first-order valence-electron chi connectivity index (χ1n) is 9.01. The summed E-state index contributed by atoms with van der Waals surface area (Å²) in [7, 11) is 1.52. The van der Waals surface area contributed by atoms with E-state index < -0.39 is 0 Å². The highest BCUT2D eigenvalue weighted by Gasteiger charge is 2.28. The number of rotatable bonds is 4. The molecule has 0 aliphatic heterocycles. The molecule has 0 aromatic carbocycles. The van der Waals surface area contributed by atoms with Crippen LogP contribution in [0.25, 0.3) is 0 Å². The summed E-state index contributed by atoms with van der Waals surface area (Å²) in [6, 6.07) is 3.74. The van der Waals surface area contributed by atoms with Crippen LogP contribution in [0.1, 0.15) is 72.4 Å². The van der Waals surface area contributed by atoms with E-state index in [1.54, 1.807) is 12.1 Å². The molecule has 2 aliphatic rings. The van der Waals surface area contributed by atoms with Gasteiger partial charge >= 0.3 is 0 Å². The highest BCUT2D eigenvalue weighted by atomic mass is 16.5. The number of aromatic nitrogens is 4. The van der Waals surface area contributed by atoms with Gasteiger partial charge in [0.1, 0.15) is 0 Å². The number of carbonyl (C=O) groups is 1. The average Bonchev–Trinajstić information content (AvgIpc) is 3.31. The molecule has 4 rings (SSSR count). The van der Waals surface area contributed by atoms with E-state index >= 15 is 0 Å². The first-order valence-corrected chi connectivity index (χ1v) is 9.01. The molecule has 1 N–H and O–H groups in total. The predicted molar refractivity (Wildman–Crippen MR) is 91.5 cm³/mol. The van der Waals surface area contributed by atoms with Crippen molar-refractivity contribution in [2.75, 3.05) is 7.11 Å². The first kappa shape index (κ1) is 16.1. The van der Waals surface area contributed by atoms with E-state index in [0.717, 1.165) is 25.0 Å². The van der Waals surface area contributed by atoms with Crippen LogP contribution >= 0.6 is 0 Å². The van der Waals surface area contributed by atoms with Crippen LogP contribution in [0, 0.1) is 0 Å². The van der Waals surface area contributed by atoms with Gasteiger partial charge in [-0.2, -0.15) is 5.10 Å². The summed E-state index contributed by atoms with van der Waals surface area (Å²) in [4.78, 5) is 12.5. The SMILES string of the molecule is COc1ccc(C(=O)N[C@@H]2CCCc3cn(C4CCCC4)nc32)nn1. The van der Waals surface area contributed by atoms with E-state index in [9.17, 15) is 4.79 Å². The second-order valence-electron chi connectivity index (χ2n) is 6.84. The summed E-state index contributed by atoms with van der Waals surface area (Å²) < 4.78 is 7.11. The predicted octanol–water partition coefficient (Wildman–Crippen LogP) is 2.60. The zero-order valence-electron chi connectivity index (χ0n) is 14.4. The van der Waals surface area contributed by atoms with Crippen LogP contribution in [0.15, 0.2) is 18.3 Å². The number of hydrogen-bond donors (Lipinski definition) is 1. The van der Waals surface area contributed by atoms with Crippen molar-refractivity contribution in [3.8, 4) is 5.88 Å². The van der Waals surface area contributed by atoms with Crippen molar-refractivity contribution in [1.29, 1.82) is 0 Å². The quantitative estimate of drug-likeness (QED) is 0.924. The Kier molecular flexibility index (Phi) is 4.38. The van der Waals surface area contributed by atoms with E-state index in [2.05, 4.69) is 26.4 Å². The largest absolute Gasteiger partial charge is 0.480 e. The van der Waals surface area contributed by atoms with Crippen molar-refractivity contribution >= 4 is 5.91 Å². The molecule has 7 nitrogen and oxygen atoms in total. The fraction of sp³-hybridized carbons (Fsp3) is 0.556. The van der Waals surface area contributed by atoms with Crippen molar-refractivity contribution in [1.82, 2.24) is 25.3 Å². The standard InChI is InChI=1S/C18H23N5O2/c1-25-16-10-9-15(20-21-16)18(24)19-14-8-4-5-12-11-23(22-17(12)14)13-6-2-3-7-13/h9-11,13-14H,2-8H2,1H3,(H,19,24)/t14-/m1/s1. The maximum atomic E-state index is 12.5. The zero-order valence-corrected chi connectivity index (χ0v) is 14.4. The van der Waals surface area contributed by atoms with Gasteiger partial charge in [-0.1, -0.05) is 12.8 Å². The first-order chi connectivity index (χ1) is 12.2. The molecule has 0 unspecified atom stereocenters. The number of aryl methyl sites for hydroxylation is 1. The summed E-state index contributed by atoms with van der Waals surface area (Å²) >= 11 is 0. The van der Waals surface area contributed by atoms with Gasteiger partial charge in [0.15, 0.2) is 5.69 Å².